The zero-order valence-electron chi connectivity index (χ0n) is 15.1. The number of furan rings is 1. The van der Waals surface area contributed by atoms with Gasteiger partial charge in [0.25, 0.3) is 0 Å². The molecule has 0 unspecified atom stereocenters. The lowest BCUT2D eigenvalue weighted by atomic mass is 9.76. The zero-order chi connectivity index (χ0) is 17.3. The molecule has 25 heavy (non-hydrogen) atoms. The van der Waals surface area contributed by atoms with Crippen LogP contribution in [0.1, 0.15) is 50.3 Å². The Morgan fingerprint density at radius 1 is 0.920 bits per heavy atom. The normalized spacial score (nSPS) is 15.1. The third kappa shape index (κ3) is 1.82. The molecule has 1 aliphatic carbocycles. The molecule has 0 saturated carbocycles. The minimum atomic E-state index is -0.136. The Morgan fingerprint density at radius 2 is 1.64 bits per heavy atom. The molecule has 2 nitrogen and oxygen atoms in total. The SMILES string of the molecule is CC(C)c1cnc2c(c1)C(C)(C)c1cccc3oc4cccc-2c4c13. The second-order valence-corrected chi connectivity index (χ2v) is 7.90. The van der Waals surface area contributed by atoms with E-state index in [-0.39, 0.29) is 5.41 Å². The molecular weight excluding hydrogens is 306 g/mol. The number of pyridine rings is 1. The summed E-state index contributed by atoms with van der Waals surface area (Å²) in [5, 5.41) is 2.44. The summed E-state index contributed by atoms with van der Waals surface area (Å²) in [5.41, 5.74) is 7.94. The van der Waals surface area contributed by atoms with Gasteiger partial charge in [-0.2, -0.15) is 0 Å². The lowest BCUT2D eigenvalue weighted by Crippen LogP contribution is -2.20. The molecule has 0 amide bonds. The van der Waals surface area contributed by atoms with Crippen molar-refractivity contribution in [1.29, 1.82) is 0 Å². The highest BCUT2D eigenvalue weighted by molar-refractivity contribution is 6.15. The van der Waals surface area contributed by atoms with Crippen LogP contribution in [-0.4, -0.2) is 4.98 Å². The number of hydrogen-bond donors (Lipinski definition) is 0. The smallest absolute Gasteiger partial charge is 0.136 e. The zero-order valence-corrected chi connectivity index (χ0v) is 15.1. The van der Waals surface area contributed by atoms with Gasteiger partial charge in [-0.25, -0.2) is 0 Å². The summed E-state index contributed by atoms with van der Waals surface area (Å²) in [5.74, 6) is 0.463. The molecule has 0 fully saturated rings. The standard InChI is InChI=1S/C23H21NO/c1-13(2)14-11-17-22(24-12-14)15-7-5-9-18-20(15)21-16(23(17,3)4)8-6-10-19(21)25-18/h5-13H,1-4H3. The van der Waals surface area contributed by atoms with Crippen LogP contribution in [-0.2, 0) is 5.41 Å². The maximum Gasteiger partial charge on any atom is 0.136 e. The number of nitrogens with zero attached hydrogens (tertiary/aromatic N) is 1. The number of rotatable bonds is 1. The van der Waals surface area contributed by atoms with E-state index in [0.29, 0.717) is 5.92 Å². The summed E-state index contributed by atoms with van der Waals surface area (Å²) < 4.78 is 6.15. The summed E-state index contributed by atoms with van der Waals surface area (Å²) >= 11 is 0. The molecule has 5 rings (SSSR count). The van der Waals surface area contributed by atoms with Crippen molar-refractivity contribution in [3.63, 3.8) is 0 Å². The highest BCUT2D eigenvalue weighted by Gasteiger charge is 2.34. The van der Waals surface area contributed by atoms with E-state index in [9.17, 15) is 0 Å². The van der Waals surface area contributed by atoms with E-state index in [0.717, 1.165) is 16.9 Å². The Balaban J connectivity index is 2.03. The Morgan fingerprint density at radius 3 is 2.40 bits per heavy atom. The Kier molecular flexibility index (Phi) is 2.78. The van der Waals surface area contributed by atoms with Crippen LogP contribution in [0.4, 0.5) is 0 Å². The van der Waals surface area contributed by atoms with Gasteiger partial charge in [0.05, 0.1) is 5.69 Å². The molecule has 0 bridgehead atoms. The average Bonchev–Trinajstić information content (AvgIpc) is 2.95. The maximum atomic E-state index is 6.15. The summed E-state index contributed by atoms with van der Waals surface area (Å²) in [6, 6.07) is 15.1. The quantitative estimate of drug-likeness (QED) is 0.403. The number of benzene rings is 2. The molecule has 124 valence electrons. The molecule has 0 radical (unpaired) electrons. The van der Waals surface area contributed by atoms with E-state index in [1.165, 1.54) is 33.0 Å². The van der Waals surface area contributed by atoms with Gasteiger partial charge in [-0.15, -0.1) is 0 Å². The van der Waals surface area contributed by atoms with Crippen LogP contribution in [0.25, 0.3) is 33.2 Å². The molecule has 0 atom stereocenters. The van der Waals surface area contributed by atoms with Crippen molar-refractivity contribution in [2.45, 2.75) is 39.0 Å². The van der Waals surface area contributed by atoms with Crippen LogP contribution in [0, 0.1) is 0 Å². The third-order valence-corrected chi connectivity index (χ3v) is 5.70. The van der Waals surface area contributed by atoms with E-state index < -0.39 is 0 Å². The fourth-order valence-corrected chi connectivity index (χ4v) is 4.22. The first-order valence-corrected chi connectivity index (χ1v) is 8.94. The van der Waals surface area contributed by atoms with Crippen LogP contribution in [0.2, 0.25) is 0 Å². The van der Waals surface area contributed by atoms with Crippen molar-refractivity contribution in [3.05, 3.63) is 65.4 Å². The van der Waals surface area contributed by atoms with Crippen LogP contribution < -0.4 is 0 Å². The molecule has 2 heterocycles. The summed E-state index contributed by atoms with van der Waals surface area (Å²) in [4.78, 5) is 4.93. The average molecular weight is 327 g/mol. The van der Waals surface area contributed by atoms with Gasteiger partial charge in [0.2, 0.25) is 0 Å². The molecule has 0 spiro atoms. The first kappa shape index (κ1) is 14.7. The Bertz CT molecular complexity index is 1150. The Hall–Kier alpha value is -2.61. The number of aromatic nitrogens is 1. The largest absolute Gasteiger partial charge is 0.456 e. The minimum Gasteiger partial charge on any atom is -0.456 e. The molecule has 0 aliphatic heterocycles. The van der Waals surface area contributed by atoms with Crippen LogP contribution in [0.5, 0.6) is 0 Å². The van der Waals surface area contributed by atoms with Crippen LogP contribution in [0.3, 0.4) is 0 Å². The molecule has 2 aromatic heterocycles. The van der Waals surface area contributed by atoms with E-state index >= 15 is 0 Å². The van der Waals surface area contributed by atoms with Crippen LogP contribution >= 0.6 is 0 Å². The fraction of sp³-hybridized carbons (Fsp3) is 0.261. The number of fused-ring (bicyclic) bond motifs is 2. The van der Waals surface area contributed by atoms with Crippen molar-refractivity contribution in [2.24, 2.45) is 0 Å². The van der Waals surface area contributed by atoms with E-state index in [1.807, 2.05) is 6.20 Å². The molecule has 0 N–H and O–H groups in total. The fourth-order valence-electron chi connectivity index (χ4n) is 4.22. The minimum absolute atomic E-state index is 0.136. The molecule has 0 saturated heterocycles. The van der Waals surface area contributed by atoms with Crippen molar-refractivity contribution in [3.8, 4) is 11.3 Å². The highest BCUT2D eigenvalue weighted by atomic mass is 16.3. The van der Waals surface area contributed by atoms with Gasteiger partial charge in [-0.05, 0) is 34.7 Å². The monoisotopic (exact) mass is 327 g/mol. The predicted octanol–water partition coefficient (Wildman–Crippen LogP) is 6.41. The van der Waals surface area contributed by atoms with Gasteiger partial charge < -0.3 is 4.42 Å². The van der Waals surface area contributed by atoms with Crippen molar-refractivity contribution < 1.29 is 4.42 Å². The molecule has 4 aromatic rings. The Labute approximate surface area is 147 Å². The molecule has 1 aliphatic rings. The van der Waals surface area contributed by atoms with E-state index in [2.05, 4.69) is 70.2 Å². The van der Waals surface area contributed by atoms with Gasteiger partial charge in [0.15, 0.2) is 0 Å². The lowest BCUT2D eigenvalue weighted by molar-refractivity contribution is 0.638. The van der Waals surface area contributed by atoms with Gasteiger partial charge in [-0.1, -0.05) is 58.0 Å². The van der Waals surface area contributed by atoms with Crippen LogP contribution in [0.15, 0.2) is 53.1 Å². The van der Waals surface area contributed by atoms with E-state index in [1.54, 1.807) is 0 Å². The summed E-state index contributed by atoms with van der Waals surface area (Å²) in [6.45, 7) is 9.05. The van der Waals surface area contributed by atoms with Gasteiger partial charge in [0.1, 0.15) is 11.2 Å². The maximum absolute atomic E-state index is 6.15. The van der Waals surface area contributed by atoms with Crippen molar-refractivity contribution >= 4 is 21.9 Å². The first-order chi connectivity index (χ1) is 12.0. The van der Waals surface area contributed by atoms with E-state index in [4.69, 9.17) is 9.40 Å². The van der Waals surface area contributed by atoms with Gasteiger partial charge in [-0.3, -0.25) is 4.98 Å². The van der Waals surface area contributed by atoms with Crippen molar-refractivity contribution in [2.75, 3.05) is 0 Å². The predicted molar refractivity (Wildman–Crippen MR) is 103 cm³/mol. The summed E-state index contributed by atoms with van der Waals surface area (Å²) in [7, 11) is 0. The molecular formula is C23H21NO. The summed E-state index contributed by atoms with van der Waals surface area (Å²) in [6.07, 6.45) is 2.03. The first-order valence-electron chi connectivity index (χ1n) is 8.94. The lowest BCUT2D eigenvalue weighted by Gasteiger charge is -2.28. The van der Waals surface area contributed by atoms with Gasteiger partial charge in [0, 0.05) is 27.9 Å². The third-order valence-electron chi connectivity index (χ3n) is 5.70. The second-order valence-electron chi connectivity index (χ2n) is 7.90. The highest BCUT2D eigenvalue weighted by Crippen LogP contribution is 2.49. The second kappa shape index (κ2) is 4.72. The molecule has 2 heteroatoms. The van der Waals surface area contributed by atoms with Crippen molar-refractivity contribution in [1.82, 2.24) is 4.98 Å². The van der Waals surface area contributed by atoms with Gasteiger partial charge >= 0.3 is 0 Å². The topological polar surface area (TPSA) is 26.0 Å². The number of hydrogen-bond acceptors (Lipinski definition) is 2. The molecule has 2 aromatic carbocycles.